The first kappa shape index (κ1) is 17.8. The number of hydrogen-bond acceptors (Lipinski definition) is 3. The highest BCUT2D eigenvalue weighted by atomic mass is 19.1. The molecule has 1 aliphatic heterocycles. The zero-order valence-corrected chi connectivity index (χ0v) is 14.5. The van der Waals surface area contributed by atoms with Gasteiger partial charge in [-0.3, -0.25) is 4.90 Å². The van der Waals surface area contributed by atoms with E-state index in [9.17, 15) is 8.78 Å². The number of nitrogens with one attached hydrogen (secondary N) is 1. The molecule has 134 valence electrons. The number of halogens is 2. The Labute approximate surface area is 147 Å². The fourth-order valence-corrected chi connectivity index (χ4v) is 3.38. The molecular weight excluding hydrogens is 322 g/mol. The van der Waals surface area contributed by atoms with Gasteiger partial charge in [-0.1, -0.05) is 12.1 Å². The minimum Gasteiger partial charge on any atom is -0.497 e. The quantitative estimate of drug-likeness (QED) is 0.823. The number of ether oxygens (including phenoxy) is 1. The van der Waals surface area contributed by atoms with Crippen LogP contribution in [0, 0.1) is 11.6 Å². The van der Waals surface area contributed by atoms with Crippen LogP contribution in [0.5, 0.6) is 5.75 Å². The molecule has 0 aliphatic carbocycles. The smallest absolute Gasteiger partial charge is 0.127 e. The first-order valence-electron chi connectivity index (χ1n) is 8.70. The average molecular weight is 346 g/mol. The van der Waals surface area contributed by atoms with Crippen LogP contribution in [-0.4, -0.2) is 31.6 Å². The molecule has 1 fully saturated rings. The zero-order chi connectivity index (χ0) is 17.6. The average Bonchev–Trinajstić information content (AvgIpc) is 3.16. The highest BCUT2D eigenvalue weighted by molar-refractivity contribution is 5.31. The first-order valence-corrected chi connectivity index (χ1v) is 8.70. The lowest BCUT2D eigenvalue weighted by Crippen LogP contribution is -2.34. The lowest BCUT2D eigenvalue weighted by atomic mass is 10.0. The molecule has 0 radical (unpaired) electrons. The van der Waals surface area contributed by atoms with Crippen molar-refractivity contribution in [3.05, 3.63) is 65.2 Å². The second-order valence-corrected chi connectivity index (χ2v) is 6.40. The zero-order valence-electron chi connectivity index (χ0n) is 14.5. The summed E-state index contributed by atoms with van der Waals surface area (Å²) in [6.07, 6.45) is 2.39. The Morgan fingerprint density at radius 3 is 2.68 bits per heavy atom. The summed E-state index contributed by atoms with van der Waals surface area (Å²) in [6, 6.07) is 11.8. The molecule has 0 unspecified atom stereocenters. The second-order valence-electron chi connectivity index (χ2n) is 6.40. The molecule has 1 saturated heterocycles. The Bertz CT molecular complexity index is 702. The van der Waals surface area contributed by atoms with Gasteiger partial charge in [0.1, 0.15) is 17.4 Å². The standard InChI is InChI=1S/C20H24F2N2O/c1-25-18-6-4-5-15(12-18)20(24-9-2-3-10-24)14-23-13-16-11-17(21)7-8-19(16)22/h4-8,11-12,20,23H,2-3,9-10,13-14H2,1H3/t20-/m1/s1. The van der Waals surface area contributed by atoms with Gasteiger partial charge in [0.15, 0.2) is 0 Å². The van der Waals surface area contributed by atoms with Crippen molar-refractivity contribution in [3.8, 4) is 5.75 Å². The normalized spacial score (nSPS) is 16.1. The van der Waals surface area contributed by atoms with Gasteiger partial charge in [-0.25, -0.2) is 8.78 Å². The van der Waals surface area contributed by atoms with Gasteiger partial charge in [0.2, 0.25) is 0 Å². The Hall–Kier alpha value is -1.98. The van der Waals surface area contributed by atoms with E-state index in [1.165, 1.54) is 30.5 Å². The third kappa shape index (κ3) is 4.55. The van der Waals surface area contributed by atoms with E-state index in [0.717, 1.165) is 24.9 Å². The van der Waals surface area contributed by atoms with Crippen LogP contribution in [0.15, 0.2) is 42.5 Å². The Morgan fingerprint density at radius 2 is 1.92 bits per heavy atom. The fraction of sp³-hybridized carbons (Fsp3) is 0.400. The van der Waals surface area contributed by atoms with Crippen LogP contribution in [0.2, 0.25) is 0 Å². The van der Waals surface area contributed by atoms with Gasteiger partial charge in [-0.15, -0.1) is 0 Å². The molecule has 0 saturated carbocycles. The van der Waals surface area contributed by atoms with Gasteiger partial charge in [0.05, 0.1) is 7.11 Å². The number of rotatable bonds is 7. The van der Waals surface area contributed by atoms with E-state index in [1.807, 2.05) is 18.2 Å². The van der Waals surface area contributed by atoms with E-state index in [2.05, 4.69) is 16.3 Å². The van der Waals surface area contributed by atoms with E-state index in [0.29, 0.717) is 18.7 Å². The van der Waals surface area contributed by atoms with Crippen LogP contribution in [0.25, 0.3) is 0 Å². The SMILES string of the molecule is COc1cccc([C@@H](CNCc2cc(F)ccc2F)N2CCCC2)c1. The van der Waals surface area contributed by atoms with Crippen molar-refractivity contribution in [1.82, 2.24) is 10.2 Å². The number of hydrogen-bond donors (Lipinski definition) is 1. The second kappa shape index (κ2) is 8.41. The van der Waals surface area contributed by atoms with E-state index in [4.69, 9.17) is 4.74 Å². The van der Waals surface area contributed by atoms with Crippen molar-refractivity contribution in [2.75, 3.05) is 26.7 Å². The summed E-state index contributed by atoms with van der Waals surface area (Å²) in [5, 5.41) is 3.29. The Kier molecular flexibility index (Phi) is 6.00. The lowest BCUT2D eigenvalue weighted by molar-refractivity contribution is 0.237. The van der Waals surface area contributed by atoms with Gasteiger partial charge in [-0.2, -0.15) is 0 Å². The number of methoxy groups -OCH3 is 1. The van der Waals surface area contributed by atoms with E-state index >= 15 is 0 Å². The monoisotopic (exact) mass is 346 g/mol. The molecule has 2 aromatic rings. The molecule has 1 N–H and O–H groups in total. The van der Waals surface area contributed by atoms with Gasteiger partial charge in [0.25, 0.3) is 0 Å². The first-order chi connectivity index (χ1) is 12.2. The van der Waals surface area contributed by atoms with Crippen LogP contribution in [-0.2, 0) is 6.54 Å². The predicted molar refractivity (Wildman–Crippen MR) is 94.6 cm³/mol. The Balaban J connectivity index is 1.70. The maximum Gasteiger partial charge on any atom is 0.127 e. The predicted octanol–water partition coefficient (Wildman–Crippen LogP) is 3.90. The largest absolute Gasteiger partial charge is 0.497 e. The third-order valence-corrected chi connectivity index (χ3v) is 4.72. The molecule has 3 rings (SSSR count). The minimum atomic E-state index is -0.415. The Morgan fingerprint density at radius 1 is 1.12 bits per heavy atom. The summed E-state index contributed by atoms with van der Waals surface area (Å²) in [5.74, 6) is 0.0352. The molecule has 2 aromatic carbocycles. The molecule has 1 atom stereocenters. The summed E-state index contributed by atoms with van der Waals surface area (Å²) < 4.78 is 32.4. The van der Waals surface area contributed by atoms with Crippen LogP contribution in [0.4, 0.5) is 8.78 Å². The lowest BCUT2D eigenvalue weighted by Gasteiger charge is -2.28. The molecular formula is C20H24F2N2O. The van der Waals surface area contributed by atoms with Gasteiger partial charge in [0, 0.05) is 24.7 Å². The van der Waals surface area contributed by atoms with E-state index in [1.54, 1.807) is 7.11 Å². The molecule has 0 spiro atoms. The fourth-order valence-electron chi connectivity index (χ4n) is 3.38. The maximum atomic E-state index is 13.8. The molecule has 5 heteroatoms. The van der Waals surface area contributed by atoms with Crippen LogP contribution >= 0.6 is 0 Å². The molecule has 0 amide bonds. The van der Waals surface area contributed by atoms with Crippen molar-refractivity contribution >= 4 is 0 Å². The molecule has 1 heterocycles. The maximum absolute atomic E-state index is 13.8. The highest BCUT2D eigenvalue weighted by Gasteiger charge is 2.23. The summed E-state index contributed by atoms with van der Waals surface area (Å²) in [4.78, 5) is 2.43. The minimum absolute atomic E-state index is 0.189. The van der Waals surface area contributed by atoms with Crippen molar-refractivity contribution in [2.45, 2.75) is 25.4 Å². The number of nitrogens with zero attached hydrogens (tertiary/aromatic N) is 1. The van der Waals surface area contributed by atoms with Gasteiger partial charge in [-0.05, 0) is 61.8 Å². The van der Waals surface area contributed by atoms with Gasteiger partial charge < -0.3 is 10.1 Å². The highest BCUT2D eigenvalue weighted by Crippen LogP contribution is 2.27. The molecule has 0 aromatic heterocycles. The number of benzene rings is 2. The van der Waals surface area contributed by atoms with Gasteiger partial charge >= 0.3 is 0 Å². The number of likely N-dealkylation sites (tertiary alicyclic amines) is 1. The van der Waals surface area contributed by atoms with Crippen molar-refractivity contribution in [1.29, 1.82) is 0 Å². The van der Waals surface area contributed by atoms with E-state index < -0.39 is 5.82 Å². The summed E-state index contributed by atoms with van der Waals surface area (Å²) >= 11 is 0. The van der Waals surface area contributed by atoms with Crippen molar-refractivity contribution in [2.24, 2.45) is 0 Å². The molecule has 0 bridgehead atoms. The summed E-state index contributed by atoms with van der Waals surface area (Å²) in [7, 11) is 1.66. The van der Waals surface area contributed by atoms with Crippen LogP contribution in [0.1, 0.15) is 30.0 Å². The van der Waals surface area contributed by atoms with Crippen LogP contribution in [0.3, 0.4) is 0 Å². The van der Waals surface area contributed by atoms with E-state index in [-0.39, 0.29) is 11.9 Å². The topological polar surface area (TPSA) is 24.5 Å². The molecule has 25 heavy (non-hydrogen) atoms. The summed E-state index contributed by atoms with van der Waals surface area (Å²) in [6.45, 7) is 3.08. The van der Waals surface area contributed by atoms with Crippen LogP contribution < -0.4 is 10.1 Å². The van der Waals surface area contributed by atoms with Crippen molar-refractivity contribution < 1.29 is 13.5 Å². The third-order valence-electron chi connectivity index (χ3n) is 4.72. The molecule has 3 nitrogen and oxygen atoms in total. The molecule has 1 aliphatic rings. The van der Waals surface area contributed by atoms with Crippen molar-refractivity contribution in [3.63, 3.8) is 0 Å². The summed E-state index contributed by atoms with van der Waals surface area (Å²) in [5.41, 5.74) is 1.53.